The lowest BCUT2D eigenvalue weighted by atomic mass is 9.85. The molecule has 0 saturated carbocycles. The summed E-state index contributed by atoms with van der Waals surface area (Å²) in [5.41, 5.74) is -0.241. The molecule has 2 saturated heterocycles. The molecule has 0 aromatic carbocycles. The van der Waals surface area contributed by atoms with Crippen molar-refractivity contribution in [1.29, 1.82) is 0 Å². The van der Waals surface area contributed by atoms with Gasteiger partial charge in [-0.05, 0) is 51.0 Å². The molecule has 1 aromatic heterocycles. The third-order valence-corrected chi connectivity index (χ3v) is 5.37. The Morgan fingerprint density at radius 2 is 2.20 bits per heavy atom. The van der Waals surface area contributed by atoms with Gasteiger partial charge >= 0.3 is 0 Å². The summed E-state index contributed by atoms with van der Waals surface area (Å²) >= 11 is 2.02. The van der Waals surface area contributed by atoms with Crippen molar-refractivity contribution in [3.05, 3.63) is 11.9 Å². The van der Waals surface area contributed by atoms with Crippen molar-refractivity contribution in [3.8, 4) is 0 Å². The van der Waals surface area contributed by atoms with Crippen LogP contribution in [-0.4, -0.2) is 43.8 Å². The second-order valence-corrected chi connectivity index (χ2v) is 7.66. The molecule has 6 heteroatoms. The van der Waals surface area contributed by atoms with E-state index in [0.29, 0.717) is 11.7 Å². The van der Waals surface area contributed by atoms with E-state index >= 15 is 0 Å². The van der Waals surface area contributed by atoms with E-state index in [1.807, 2.05) is 22.6 Å². The fourth-order valence-electron chi connectivity index (χ4n) is 3.06. The summed E-state index contributed by atoms with van der Waals surface area (Å²) in [6.07, 6.45) is 6.16. The first kappa shape index (κ1) is 14.4. The normalized spacial score (nSPS) is 26.9. The van der Waals surface area contributed by atoms with Crippen LogP contribution in [0.4, 0.5) is 0 Å². The first-order valence-electron chi connectivity index (χ1n) is 7.35. The number of hydrogen-bond donors (Lipinski definition) is 1. The van der Waals surface area contributed by atoms with Crippen molar-refractivity contribution >= 4 is 11.8 Å². The number of aliphatic hydroxyl groups is 1. The zero-order valence-corrected chi connectivity index (χ0v) is 13.0. The average Bonchev–Trinajstić information content (AvgIpc) is 2.89. The van der Waals surface area contributed by atoms with E-state index in [9.17, 15) is 5.11 Å². The van der Waals surface area contributed by atoms with Gasteiger partial charge in [0.1, 0.15) is 11.3 Å². The molecule has 1 spiro atoms. The largest absolute Gasteiger partial charge is 0.384 e. The lowest BCUT2D eigenvalue weighted by Gasteiger charge is -2.43. The minimum absolute atomic E-state index is 0.0506. The summed E-state index contributed by atoms with van der Waals surface area (Å²) in [6, 6.07) is 0.343. The molecule has 20 heavy (non-hydrogen) atoms. The van der Waals surface area contributed by atoms with Crippen LogP contribution in [-0.2, 0) is 10.3 Å². The number of hydrogen-bond acceptors (Lipinski definition) is 5. The van der Waals surface area contributed by atoms with E-state index in [0.717, 1.165) is 32.3 Å². The minimum atomic E-state index is -0.928. The average molecular weight is 297 g/mol. The Morgan fingerprint density at radius 3 is 2.85 bits per heavy atom. The highest BCUT2D eigenvalue weighted by Crippen LogP contribution is 2.41. The van der Waals surface area contributed by atoms with E-state index < -0.39 is 5.60 Å². The highest BCUT2D eigenvalue weighted by atomic mass is 32.2. The molecular formula is C14H23N3O2S. The second-order valence-electron chi connectivity index (χ2n) is 6.43. The smallest absolute Gasteiger partial charge is 0.114 e. The van der Waals surface area contributed by atoms with Gasteiger partial charge in [-0.25, -0.2) is 4.68 Å². The summed E-state index contributed by atoms with van der Waals surface area (Å²) in [5, 5.41) is 18.3. The molecule has 3 heterocycles. The van der Waals surface area contributed by atoms with E-state index in [4.69, 9.17) is 4.74 Å². The van der Waals surface area contributed by atoms with Gasteiger partial charge in [0, 0.05) is 6.61 Å². The Morgan fingerprint density at radius 1 is 1.45 bits per heavy atom. The number of rotatable bonds is 2. The fraction of sp³-hybridized carbons (Fsp3) is 0.857. The van der Waals surface area contributed by atoms with Gasteiger partial charge < -0.3 is 9.84 Å². The molecule has 3 rings (SSSR count). The van der Waals surface area contributed by atoms with Crippen LogP contribution in [0.1, 0.15) is 51.3 Å². The van der Waals surface area contributed by atoms with Crippen molar-refractivity contribution in [2.45, 2.75) is 56.8 Å². The Balaban J connectivity index is 1.75. The zero-order valence-electron chi connectivity index (χ0n) is 12.2. The van der Waals surface area contributed by atoms with Crippen molar-refractivity contribution in [2.24, 2.45) is 0 Å². The zero-order chi connectivity index (χ0) is 14.2. The lowest BCUT2D eigenvalue weighted by Crippen LogP contribution is -2.43. The predicted molar refractivity (Wildman–Crippen MR) is 78.8 cm³/mol. The predicted octanol–water partition coefficient (Wildman–Crippen LogP) is 2.12. The molecule has 0 aliphatic carbocycles. The number of ether oxygens (including phenoxy) is 1. The van der Waals surface area contributed by atoms with Gasteiger partial charge in [-0.15, -0.1) is 5.10 Å². The van der Waals surface area contributed by atoms with Crippen molar-refractivity contribution in [3.63, 3.8) is 0 Å². The van der Waals surface area contributed by atoms with Gasteiger partial charge in [-0.3, -0.25) is 0 Å². The molecule has 0 bridgehead atoms. The molecule has 1 atom stereocenters. The minimum Gasteiger partial charge on any atom is -0.384 e. The van der Waals surface area contributed by atoms with Crippen LogP contribution in [0.5, 0.6) is 0 Å². The van der Waals surface area contributed by atoms with Gasteiger partial charge in [0.25, 0.3) is 0 Å². The van der Waals surface area contributed by atoms with Gasteiger partial charge in [0.2, 0.25) is 0 Å². The summed E-state index contributed by atoms with van der Waals surface area (Å²) in [4.78, 5) is 0. The third kappa shape index (κ3) is 2.87. The first-order chi connectivity index (χ1) is 9.49. The summed E-state index contributed by atoms with van der Waals surface area (Å²) in [6.45, 7) is 4.28. The Kier molecular flexibility index (Phi) is 3.81. The summed E-state index contributed by atoms with van der Waals surface area (Å²) in [7, 11) is 0. The number of thioether (sulfide) groups is 1. The van der Waals surface area contributed by atoms with Gasteiger partial charge in [-0.1, -0.05) is 5.21 Å². The van der Waals surface area contributed by atoms with Gasteiger partial charge in [0.05, 0.1) is 17.8 Å². The first-order valence-corrected chi connectivity index (χ1v) is 8.50. The highest BCUT2D eigenvalue weighted by Gasteiger charge is 2.39. The van der Waals surface area contributed by atoms with Crippen molar-refractivity contribution in [1.82, 2.24) is 15.0 Å². The molecular weight excluding hydrogens is 274 g/mol. The molecule has 112 valence electrons. The molecule has 2 fully saturated rings. The SMILES string of the molecule is CC(C)(O)c1cn(C2CCOC3(CCSCC3)C2)nn1. The van der Waals surface area contributed by atoms with Crippen LogP contribution in [0.2, 0.25) is 0 Å². The maximum Gasteiger partial charge on any atom is 0.114 e. The van der Waals surface area contributed by atoms with Crippen LogP contribution in [0.15, 0.2) is 6.20 Å². The molecule has 1 N–H and O–H groups in total. The fourth-order valence-corrected chi connectivity index (χ4v) is 4.29. The molecule has 2 aliphatic heterocycles. The van der Waals surface area contributed by atoms with Gasteiger partial charge in [-0.2, -0.15) is 11.8 Å². The maximum atomic E-state index is 10.00. The second kappa shape index (κ2) is 5.31. The van der Waals surface area contributed by atoms with Crippen LogP contribution in [0.3, 0.4) is 0 Å². The lowest BCUT2D eigenvalue weighted by molar-refractivity contribution is -0.100. The molecule has 1 aromatic rings. The summed E-state index contributed by atoms with van der Waals surface area (Å²) in [5.74, 6) is 2.39. The van der Waals surface area contributed by atoms with Crippen molar-refractivity contribution in [2.75, 3.05) is 18.1 Å². The van der Waals surface area contributed by atoms with Crippen LogP contribution in [0, 0.1) is 0 Å². The number of nitrogens with zero attached hydrogens (tertiary/aromatic N) is 3. The molecule has 0 radical (unpaired) electrons. The van der Waals surface area contributed by atoms with Crippen LogP contribution >= 0.6 is 11.8 Å². The van der Waals surface area contributed by atoms with E-state index in [1.165, 1.54) is 11.5 Å². The molecule has 0 amide bonds. The highest BCUT2D eigenvalue weighted by molar-refractivity contribution is 7.99. The standard InChI is InChI=1S/C14H23N3O2S/c1-13(2,18)12-10-17(16-15-12)11-3-6-19-14(9-11)4-7-20-8-5-14/h10-11,18H,3-9H2,1-2H3. The van der Waals surface area contributed by atoms with E-state index in [1.54, 1.807) is 13.8 Å². The maximum absolute atomic E-state index is 10.00. The van der Waals surface area contributed by atoms with E-state index in [-0.39, 0.29) is 5.60 Å². The third-order valence-electron chi connectivity index (χ3n) is 4.38. The van der Waals surface area contributed by atoms with Crippen LogP contribution < -0.4 is 0 Å². The topological polar surface area (TPSA) is 60.2 Å². The molecule has 5 nitrogen and oxygen atoms in total. The Labute approximate surface area is 124 Å². The Bertz CT molecular complexity index is 458. The van der Waals surface area contributed by atoms with Gasteiger partial charge in [0.15, 0.2) is 0 Å². The quantitative estimate of drug-likeness (QED) is 0.906. The molecule has 1 unspecified atom stereocenters. The number of aromatic nitrogens is 3. The van der Waals surface area contributed by atoms with Crippen molar-refractivity contribution < 1.29 is 9.84 Å². The van der Waals surface area contributed by atoms with E-state index in [2.05, 4.69) is 10.3 Å². The monoisotopic (exact) mass is 297 g/mol. The summed E-state index contributed by atoms with van der Waals surface area (Å²) < 4.78 is 8.04. The molecule has 2 aliphatic rings. The van der Waals surface area contributed by atoms with Crippen LogP contribution in [0.25, 0.3) is 0 Å². The Hall–Kier alpha value is -0.590.